The standard InChI is InChI=1S/C12H19ClN2/c1-4-6-7-12(3,5-2)10-8-14-11(13)15-9-10/h8-9H,4-7H2,1-3H3. The van der Waals surface area contributed by atoms with Gasteiger partial charge in [0.2, 0.25) is 5.28 Å². The molecule has 0 amide bonds. The third-order valence-corrected chi connectivity index (χ3v) is 3.37. The predicted molar refractivity (Wildman–Crippen MR) is 64.2 cm³/mol. The highest BCUT2D eigenvalue weighted by molar-refractivity contribution is 6.28. The van der Waals surface area contributed by atoms with Crippen LogP contribution in [0.25, 0.3) is 0 Å². The van der Waals surface area contributed by atoms with Crippen LogP contribution in [-0.4, -0.2) is 9.97 Å². The number of halogens is 1. The second-order valence-electron chi connectivity index (χ2n) is 4.26. The van der Waals surface area contributed by atoms with Crippen molar-refractivity contribution in [2.75, 3.05) is 0 Å². The van der Waals surface area contributed by atoms with Crippen molar-refractivity contribution in [1.82, 2.24) is 9.97 Å². The lowest BCUT2D eigenvalue weighted by atomic mass is 9.77. The lowest BCUT2D eigenvalue weighted by Crippen LogP contribution is -2.21. The summed E-state index contributed by atoms with van der Waals surface area (Å²) in [5, 5.41) is 0.327. The maximum atomic E-state index is 5.69. The van der Waals surface area contributed by atoms with Crippen LogP contribution in [0.4, 0.5) is 0 Å². The summed E-state index contributed by atoms with van der Waals surface area (Å²) in [4.78, 5) is 8.11. The molecular formula is C12H19ClN2. The molecule has 15 heavy (non-hydrogen) atoms. The van der Waals surface area contributed by atoms with Gasteiger partial charge in [0.25, 0.3) is 0 Å². The molecule has 84 valence electrons. The van der Waals surface area contributed by atoms with Gasteiger partial charge in [0, 0.05) is 12.4 Å². The Morgan fingerprint density at radius 3 is 2.33 bits per heavy atom. The molecule has 1 aromatic rings. The summed E-state index contributed by atoms with van der Waals surface area (Å²) in [7, 11) is 0. The van der Waals surface area contributed by atoms with Crippen LogP contribution < -0.4 is 0 Å². The minimum atomic E-state index is 0.195. The van der Waals surface area contributed by atoms with Crippen molar-refractivity contribution in [3.8, 4) is 0 Å². The van der Waals surface area contributed by atoms with Crippen LogP contribution in [-0.2, 0) is 5.41 Å². The molecule has 1 atom stereocenters. The van der Waals surface area contributed by atoms with E-state index in [0.29, 0.717) is 5.28 Å². The Morgan fingerprint density at radius 2 is 1.87 bits per heavy atom. The monoisotopic (exact) mass is 226 g/mol. The van der Waals surface area contributed by atoms with E-state index in [1.165, 1.54) is 24.8 Å². The van der Waals surface area contributed by atoms with Gasteiger partial charge in [-0.2, -0.15) is 0 Å². The van der Waals surface area contributed by atoms with Crippen LogP contribution in [0, 0.1) is 0 Å². The van der Waals surface area contributed by atoms with E-state index in [2.05, 4.69) is 30.7 Å². The Bertz CT molecular complexity index is 297. The lowest BCUT2D eigenvalue weighted by molar-refractivity contribution is 0.400. The zero-order valence-electron chi connectivity index (χ0n) is 9.76. The second-order valence-corrected chi connectivity index (χ2v) is 4.60. The van der Waals surface area contributed by atoms with Gasteiger partial charge in [-0.25, -0.2) is 9.97 Å². The average molecular weight is 227 g/mol. The first kappa shape index (κ1) is 12.4. The molecule has 0 spiro atoms. The van der Waals surface area contributed by atoms with Crippen LogP contribution >= 0.6 is 11.6 Å². The summed E-state index contributed by atoms with van der Waals surface area (Å²) in [5.41, 5.74) is 1.39. The van der Waals surface area contributed by atoms with Gasteiger partial charge >= 0.3 is 0 Å². The van der Waals surface area contributed by atoms with Gasteiger partial charge in [-0.15, -0.1) is 0 Å². The largest absolute Gasteiger partial charge is 0.226 e. The van der Waals surface area contributed by atoms with E-state index in [0.717, 1.165) is 6.42 Å². The fourth-order valence-corrected chi connectivity index (χ4v) is 1.81. The van der Waals surface area contributed by atoms with Gasteiger partial charge < -0.3 is 0 Å². The van der Waals surface area contributed by atoms with Crippen LogP contribution in [0.5, 0.6) is 0 Å². The molecule has 0 aromatic carbocycles. The molecule has 0 saturated carbocycles. The Labute approximate surface area is 97.1 Å². The number of hydrogen-bond donors (Lipinski definition) is 0. The maximum Gasteiger partial charge on any atom is 0.222 e. The van der Waals surface area contributed by atoms with Crippen LogP contribution in [0.2, 0.25) is 5.28 Å². The van der Waals surface area contributed by atoms with E-state index in [-0.39, 0.29) is 5.41 Å². The van der Waals surface area contributed by atoms with Crippen LogP contribution in [0.1, 0.15) is 52.0 Å². The van der Waals surface area contributed by atoms with E-state index in [1.54, 1.807) is 0 Å². The molecule has 2 nitrogen and oxygen atoms in total. The zero-order valence-corrected chi connectivity index (χ0v) is 10.5. The summed E-state index contributed by atoms with van der Waals surface area (Å²) >= 11 is 5.69. The summed E-state index contributed by atoms with van der Waals surface area (Å²) in [6.07, 6.45) is 8.48. The summed E-state index contributed by atoms with van der Waals surface area (Å²) < 4.78 is 0. The van der Waals surface area contributed by atoms with E-state index in [4.69, 9.17) is 11.6 Å². The van der Waals surface area contributed by atoms with Crippen molar-refractivity contribution < 1.29 is 0 Å². The Kier molecular flexibility index (Phi) is 4.52. The minimum absolute atomic E-state index is 0.195. The van der Waals surface area contributed by atoms with Crippen molar-refractivity contribution in [1.29, 1.82) is 0 Å². The summed E-state index contributed by atoms with van der Waals surface area (Å²) in [6, 6.07) is 0. The molecule has 0 aliphatic rings. The number of rotatable bonds is 5. The van der Waals surface area contributed by atoms with Gasteiger partial charge in [0.15, 0.2) is 0 Å². The van der Waals surface area contributed by atoms with Crippen molar-refractivity contribution in [3.05, 3.63) is 23.2 Å². The van der Waals surface area contributed by atoms with Gasteiger partial charge in [-0.05, 0) is 35.4 Å². The zero-order chi connectivity index (χ0) is 11.3. The molecular weight excluding hydrogens is 208 g/mol. The SMILES string of the molecule is CCCCC(C)(CC)c1cnc(Cl)nc1. The highest BCUT2D eigenvalue weighted by atomic mass is 35.5. The van der Waals surface area contributed by atoms with E-state index in [9.17, 15) is 0 Å². The molecule has 0 aliphatic heterocycles. The van der Waals surface area contributed by atoms with Gasteiger partial charge in [-0.1, -0.05) is 33.6 Å². The van der Waals surface area contributed by atoms with Crippen molar-refractivity contribution in [3.63, 3.8) is 0 Å². The van der Waals surface area contributed by atoms with E-state index in [1.807, 2.05) is 12.4 Å². The lowest BCUT2D eigenvalue weighted by Gasteiger charge is -2.28. The van der Waals surface area contributed by atoms with E-state index >= 15 is 0 Å². The first-order chi connectivity index (χ1) is 7.12. The quantitative estimate of drug-likeness (QED) is 0.710. The number of hydrogen-bond acceptors (Lipinski definition) is 2. The number of unbranched alkanes of at least 4 members (excludes halogenated alkanes) is 1. The van der Waals surface area contributed by atoms with Crippen molar-refractivity contribution in [2.45, 2.75) is 51.9 Å². The summed E-state index contributed by atoms with van der Waals surface area (Å²) in [5.74, 6) is 0. The smallest absolute Gasteiger partial charge is 0.222 e. The molecule has 1 rings (SSSR count). The number of nitrogens with zero attached hydrogens (tertiary/aromatic N) is 2. The minimum Gasteiger partial charge on any atom is -0.226 e. The first-order valence-corrected chi connectivity index (χ1v) is 5.98. The molecule has 1 aromatic heterocycles. The fourth-order valence-electron chi connectivity index (χ4n) is 1.72. The van der Waals surface area contributed by atoms with Crippen molar-refractivity contribution in [2.24, 2.45) is 0 Å². The molecule has 1 unspecified atom stereocenters. The topological polar surface area (TPSA) is 25.8 Å². The normalized spacial score (nSPS) is 14.9. The second kappa shape index (κ2) is 5.45. The third kappa shape index (κ3) is 3.16. The van der Waals surface area contributed by atoms with Crippen LogP contribution in [0.3, 0.4) is 0 Å². The first-order valence-electron chi connectivity index (χ1n) is 5.60. The van der Waals surface area contributed by atoms with Gasteiger partial charge in [0.05, 0.1) is 0 Å². The molecule has 3 heteroatoms. The molecule has 0 N–H and O–H groups in total. The molecule has 0 saturated heterocycles. The van der Waals surface area contributed by atoms with Gasteiger partial charge in [-0.3, -0.25) is 0 Å². The molecule has 1 heterocycles. The third-order valence-electron chi connectivity index (χ3n) is 3.18. The van der Waals surface area contributed by atoms with Crippen LogP contribution in [0.15, 0.2) is 12.4 Å². The average Bonchev–Trinajstić information content (AvgIpc) is 2.27. The highest BCUT2D eigenvalue weighted by Crippen LogP contribution is 2.32. The maximum absolute atomic E-state index is 5.69. The predicted octanol–water partition coefficient (Wildman–Crippen LogP) is 3.99. The molecule has 0 fully saturated rings. The van der Waals surface area contributed by atoms with Gasteiger partial charge in [0.1, 0.15) is 0 Å². The Balaban J connectivity index is 2.85. The molecule has 0 radical (unpaired) electrons. The summed E-state index contributed by atoms with van der Waals surface area (Å²) in [6.45, 7) is 6.70. The molecule has 0 bridgehead atoms. The van der Waals surface area contributed by atoms with E-state index < -0.39 is 0 Å². The Morgan fingerprint density at radius 1 is 1.27 bits per heavy atom. The molecule has 0 aliphatic carbocycles. The number of aromatic nitrogens is 2. The Hall–Kier alpha value is -0.630. The highest BCUT2D eigenvalue weighted by Gasteiger charge is 2.24. The van der Waals surface area contributed by atoms with Crippen molar-refractivity contribution >= 4 is 11.6 Å². The fraction of sp³-hybridized carbons (Fsp3) is 0.667.